The number of hydrogen-bond donors (Lipinski definition) is 1. The van der Waals surface area contributed by atoms with E-state index in [1.165, 1.54) is 11.8 Å². The highest BCUT2D eigenvalue weighted by Crippen LogP contribution is 2.38. The standard InChI is InChI=1S/C22H26N4O5S/c1-26-21(15-6-8-16(28-2)9-7-15)24-25-22(26)32-13-19(27)23-12-14-10-17(29-3)20(31-5)18(11-14)30-4/h6-11H,12-13H2,1-5H3,(H,23,27). The maximum atomic E-state index is 12.4. The molecule has 3 aromatic rings. The van der Waals surface area contributed by atoms with E-state index in [0.29, 0.717) is 34.8 Å². The third-order valence-corrected chi connectivity index (χ3v) is 5.75. The maximum absolute atomic E-state index is 12.4. The number of ether oxygens (including phenoxy) is 4. The van der Waals surface area contributed by atoms with Crippen LogP contribution in [0.25, 0.3) is 11.4 Å². The van der Waals surface area contributed by atoms with E-state index in [4.69, 9.17) is 18.9 Å². The smallest absolute Gasteiger partial charge is 0.230 e. The van der Waals surface area contributed by atoms with Crippen LogP contribution in [0.4, 0.5) is 0 Å². The van der Waals surface area contributed by atoms with Crippen LogP contribution in [0.1, 0.15) is 5.56 Å². The minimum Gasteiger partial charge on any atom is -0.497 e. The van der Waals surface area contributed by atoms with E-state index < -0.39 is 0 Å². The molecule has 1 N–H and O–H groups in total. The van der Waals surface area contributed by atoms with Gasteiger partial charge in [0.25, 0.3) is 0 Å². The summed E-state index contributed by atoms with van der Waals surface area (Å²) < 4.78 is 23.1. The van der Waals surface area contributed by atoms with Crippen molar-refractivity contribution >= 4 is 17.7 Å². The Morgan fingerprint density at radius 1 is 0.969 bits per heavy atom. The van der Waals surface area contributed by atoms with E-state index in [-0.39, 0.29) is 11.7 Å². The molecule has 0 aliphatic heterocycles. The molecule has 1 aromatic heterocycles. The Bertz CT molecular complexity index is 1040. The van der Waals surface area contributed by atoms with Crippen molar-refractivity contribution in [2.24, 2.45) is 7.05 Å². The summed E-state index contributed by atoms with van der Waals surface area (Å²) in [5.74, 6) is 3.15. The van der Waals surface area contributed by atoms with Crippen LogP contribution in [0.3, 0.4) is 0 Å². The summed E-state index contributed by atoms with van der Waals surface area (Å²) in [7, 11) is 8.15. The minimum atomic E-state index is -0.127. The summed E-state index contributed by atoms with van der Waals surface area (Å²) in [6, 6.07) is 11.2. The zero-order chi connectivity index (χ0) is 23.1. The second kappa shape index (κ2) is 10.8. The number of carbonyl (C=O) groups excluding carboxylic acids is 1. The number of carbonyl (C=O) groups is 1. The van der Waals surface area contributed by atoms with Crippen molar-refractivity contribution in [3.63, 3.8) is 0 Å². The molecule has 2 aromatic carbocycles. The lowest BCUT2D eigenvalue weighted by Crippen LogP contribution is -2.24. The number of rotatable bonds is 10. The molecule has 1 heterocycles. The van der Waals surface area contributed by atoms with Gasteiger partial charge in [-0.05, 0) is 42.0 Å². The Hall–Kier alpha value is -3.40. The predicted molar refractivity (Wildman–Crippen MR) is 122 cm³/mol. The quantitative estimate of drug-likeness (QED) is 0.463. The third-order valence-electron chi connectivity index (χ3n) is 4.73. The topological polar surface area (TPSA) is 96.7 Å². The lowest BCUT2D eigenvalue weighted by Gasteiger charge is -2.14. The molecule has 9 nitrogen and oxygen atoms in total. The van der Waals surface area contributed by atoms with Crippen molar-refractivity contribution in [1.29, 1.82) is 0 Å². The van der Waals surface area contributed by atoms with Crippen molar-refractivity contribution in [3.8, 4) is 34.4 Å². The molecule has 1 amide bonds. The Labute approximate surface area is 191 Å². The SMILES string of the molecule is COc1ccc(-c2nnc(SCC(=O)NCc3cc(OC)c(OC)c(OC)c3)n2C)cc1. The van der Waals surface area contributed by atoms with E-state index in [9.17, 15) is 4.79 Å². The van der Waals surface area contributed by atoms with Crippen molar-refractivity contribution < 1.29 is 23.7 Å². The van der Waals surface area contributed by atoms with E-state index in [1.54, 1.807) is 40.6 Å². The van der Waals surface area contributed by atoms with Crippen molar-refractivity contribution in [3.05, 3.63) is 42.0 Å². The van der Waals surface area contributed by atoms with Gasteiger partial charge in [0, 0.05) is 19.2 Å². The summed E-state index contributed by atoms with van der Waals surface area (Å²) in [4.78, 5) is 12.4. The van der Waals surface area contributed by atoms with Gasteiger partial charge in [0.05, 0.1) is 34.2 Å². The monoisotopic (exact) mass is 458 g/mol. The number of nitrogens with one attached hydrogen (secondary N) is 1. The zero-order valence-corrected chi connectivity index (χ0v) is 19.5. The lowest BCUT2D eigenvalue weighted by atomic mass is 10.2. The van der Waals surface area contributed by atoms with Gasteiger partial charge in [0.1, 0.15) is 5.75 Å². The zero-order valence-electron chi connectivity index (χ0n) is 18.7. The Kier molecular flexibility index (Phi) is 7.82. The van der Waals surface area contributed by atoms with Crippen molar-refractivity contribution in [2.45, 2.75) is 11.7 Å². The molecule has 0 fully saturated rings. The number of benzene rings is 2. The first-order valence-electron chi connectivity index (χ1n) is 9.72. The van der Waals surface area contributed by atoms with Gasteiger partial charge in [0.2, 0.25) is 11.7 Å². The van der Waals surface area contributed by atoms with Crippen LogP contribution in [-0.4, -0.2) is 54.9 Å². The molecular formula is C22H26N4O5S. The van der Waals surface area contributed by atoms with Crippen molar-refractivity contribution in [2.75, 3.05) is 34.2 Å². The molecule has 0 spiro atoms. The van der Waals surface area contributed by atoms with E-state index >= 15 is 0 Å². The second-order valence-corrected chi connectivity index (χ2v) is 7.64. The van der Waals surface area contributed by atoms with Crippen LogP contribution >= 0.6 is 11.8 Å². The molecule has 0 aliphatic carbocycles. The predicted octanol–water partition coefficient (Wildman–Crippen LogP) is 2.93. The average Bonchev–Trinajstić information content (AvgIpc) is 3.20. The molecule has 0 saturated carbocycles. The number of amides is 1. The Morgan fingerprint density at radius 3 is 2.19 bits per heavy atom. The molecule has 10 heteroatoms. The molecule has 0 bridgehead atoms. The molecule has 0 radical (unpaired) electrons. The number of nitrogens with zero attached hydrogens (tertiary/aromatic N) is 3. The summed E-state index contributed by atoms with van der Waals surface area (Å²) in [5, 5.41) is 12.0. The molecule has 170 valence electrons. The van der Waals surface area contributed by atoms with Crippen LogP contribution < -0.4 is 24.3 Å². The fourth-order valence-corrected chi connectivity index (χ4v) is 3.79. The minimum absolute atomic E-state index is 0.127. The lowest BCUT2D eigenvalue weighted by molar-refractivity contribution is -0.118. The van der Waals surface area contributed by atoms with Crippen LogP contribution in [0.5, 0.6) is 23.0 Å². The van der Waals surface area contributed by atoms with Crippen LogP contribution in [-0.2, 0) is 18.4 Å². The van der Waals surface area contributed by atoms with Gasteiger partial charge in [-0.1, -0.05) is 11.8 Å². The van der Waals surface area contributed by atoms with Crippen LogP contribution in [0.15, 0.2) is 41.6 Å². The fraction of sp³-hybridized carbons (Fsp3) is 0.318. The largest absolute Gasteiger partial charge is 0.497 e. The Morgan fingerprint density at radius 2 is 1.62 bits per heavy atom. The van der Waals surface area contributed by atoms with Gasteiger partial charge in [0.15, 0.2) is 22.5 Å². The highest BCUT2D eigenvalue weighted by Gasteiger charge is 2.15. The van der Waals surface area contributed by atoms with Gasteiger partial charge >= 0.3 is 0 Å². The first-order valence-corrected chi connectivity index (χ1v) is 10.7. The molecule has 0 atom stereocenters. The summed E-state index contributed by atoms with van der Waals surface area (Å²) in [6.07, 6.45) is 0. The molecule has 32 heavy (non-hydrogen) atoms. The van der Waals surface area contributed by atoms with E-state index in [2.05, 4.69) is 15.5 Å². The van der Waals surface area contributed by atoms with Crippen LogP contribution in [0.2, 0.25) is 0 Å². The second-order valence-electron chi connectivity index (χ2n) is 6.69. The van der Waals surface area contributed by atoms with Crippen LogP contribution in [0, 0.1) is 0 Å². The molecule has 3 rings (SSSR count). The Balaban J connectivity index is 1.59. The number of aromatic nitrogens is 3. The molecule has 0 aliphatic rings. The highest BCUT2D eigenvalue weighted by atomic mass is 32.2. The average molecular weight is 459 g/mol. The molecule has 0 unspecified atom stereocenters. The fourth-order valence-electron chi connectivity index (χ4n) is 3.05. The third kappa shape index (κ3) is 5.25. The van der Waals surface area contributed by atoms with Gasteiger partial charge in [-0.2, -0.15) is 0 Å². The number of hydrogen-bond acceptors (Lipinski definition) is 8. The van der Waals surface area contributed by atoms with Gasteiger partial charge in [-0.15, -0.1) is 10.2 Å². The van der Waals surface area contributed by atoms with Gasteiger partial charge in [-0.3, -0.25) is 4.79 Å². The number of thioether (sulfide) groups is 1. The number of methoxy groups -OCH3 is 4. The van der Waals surface area contributed by atoms with Gasteiger partial charge in [-0.25, -0.2) is 0 Å². The first kappa shape index (κ1) is 23.3. The summed E-state index contributed by atoms with van der Waals surface area (Å²) in [5.41, 5.74) is 1.75. The van der Waals surface area contributed by atoms with Gasteiger partial charge < -0.3 is 28.8 Å². The van der Waals surface area contributed by atoms with Crippen molar-refractivity contribution in [1.82, 2.24) is 20.1 Å². The van der Waals surface area contributed by atoms with E-state index in [1.807, 2.05) is 35.9 Å². The summed E-state index contributed by atoms with van der Waals surface area (Å²) >= 11 is 1.32. The highest BCUT2D eigenvalue weighted by molar-refractivity contribution is 7.99. The maximum Gasteiger partial charge on any atom is 0.230 e. The normalized spacial score (nSPS) is 10.5. The molecule has 0 saturated heterocycles. The molecular weight excluding hydrogens is 432 g/mol. The van der Waals surface area contributed by atoms with E-state index in [0.717, 1.165) is 16.9 Å². The summed E-state index contributed by atoms with van der Waals surface area (Å²) in [6.45, 7) is 0.325. The first-order chi connectivity index (χ1) is 15.5.